The van der Waals surface area contributed by atoms with Gasteiger partial charge in [-0.05, 0) is 77.0 Å². The van der Waals surface area contributed by atoms with Crippen LogP contribution in [0.25, 0.3) is 11.1 Å². The second-order valence-electron chi connectivity index (χ2n) is 13.7. The third kappa shape index (κ3) is 5.34. The van der Waals surface area contributed by atoms with Crippen LogP contribution in [0.2, 0.25) is 0 Å². The first-order valence-corrected chi connectivity index (χ1v) is 15.7. The van der Waals surface area contributed by atoms with Crippen LogP contribution in [0.15, 0.2) is 89.5 Å². The van der Waals surface area contributed by atoms with Gasteiger partial charge in [0, 0.05) is 34.7 Å². The molecule has 3 aliphatic carbocycles. The van der Waals surface area contributed by atoms with Crippen molar-refractivity contribution in [2.45, 2.75) is 96.4 Å². The van der Waals surface area contributed by atoms with Gasteiger partial charge >= 0.3 is 0 Å². The van der Waals surface area contributed by atoms with Gasteiger partial charge in [-0.15, -0.1) is 0 Å². The minimum Gasteiger partial charge on any atom is -0.507 e. The Morgan fingerprint density at radius 3 is 2.15 bits per heavy atom. The summed E-state index contributed by atoms with van der Waals surface area (Å²) in [5.41, 5.74) is 10.0. The number of aliphatic imine (C=N–C) groups is 1. The molecule has 0 radical (unpaired) electrons. The number of hydrogen-bond acceptors (Lipinski definition) is 2. The number of allylic oxidation sites excluding steroid dienone is 4. The number of hydrogen-bond donors (Lipinski definition) is 1. The predicted molar refractivity (Wildman–Crippen MR) is 173 cm³/mol. The molecule has 1 N–H and O–H groups in total. The average molecular weight is 544 g/mol. The van der Waals surface area contributed by atoms with E-state index in [1.54, 1.807) is 0 Å². The summed E-state index contributed by atoms with van der Waals surface area (Å²) in [6.07, 6.45) is 18.2. The quantitative estimate of drug-likeness (QED) is 0.295. The van der Waals surface area contributed by atoms with Crippen LogP contribution < -0.4 is 0 Å². The summed E-state index contributed by atoms with van der Waals surface area (Å²) in [6, 6.07) is 22.9. The molecule has 1 unspecified atom stereocenters. The molecule has 212 valence electrons. The van der Waals surface area contributed by atoms with Gasteiger partial charge < -0.3 is 5.11 Å². The van der Waals surface area contributed by atoms with Crippen LogP contribution >= 0.6 is 0 Å². The third-order valence-corrected chi connectivity index (χ3v) is 9.84. The summed E-state index contributed by atoms with van der Waals surface area (Å²) in [4.78, 5) is 4.96. The molecule has 3 aromatic carbocycles. The number of rotatable bonds is 7. The maximum Gasteiger partial charge on any atom is 0.128 e. The Morgan fingerprint density at radius 1 is 0.878 bits per heavy atom. The van der Waals surface area contributed by atoms with Crippen molar-refractivity contribution in [1.29, 1.82) is 0 Å². The van der Waals surface area contributed by atoms with E-state index in [-0.39, 0.29) is 10.8 Å². The topological polar surface area (TPSA) is 32.6 Å². The SMILES string of the molecule is CC(C)(C)c1cc(CCC(C)(C2=CCC=C2)C2c3ccccc3-c3ccccc32)cc(/C=N/C2CCCCC2)c1O. The van der Waals surface area contributed by atoms with Crippen LogP contribution in [0.1, 0.15) is 106 Å². The van der Waals surface area contributed by atoms with E-state index >= 15 is 0 Å². The fourth-order valence-corrected chi connectivity index (χ4v) is 7.53. The van der Waals surface area contributed by atoms with Gasteiger partial charge in [-0.25, -0.2) is 0 Å². The van der Waals surface area contributed by atoms with Gasteiger partial charge in [-0.3, -0.25) is 4.99 Å². The summed E-state index contributed by atoms with van der Waals surface area (Å²) in [5, 5.41) is 11.4. The second kappa shape index (κ2) is 11.1. The van der Waals surface area contributed by atoms with Crippen LogP contribution in [-0.2, 0) is 11.8 Å². The molecule has 3 aliphatic rings. The summed E-state index contributed by atoms with van der Waals surface area (Å²) in [5.74, 6) is 0.694. The fraction of sp³-hybridized carbons (Fsp3) is 0.410. The summed E-state index contributed by atoms with van der Waals surface area (Å²) >= 11 is 0. The molecular weight excluding hydrogens is 498 g/mol. The molecule has 0 saturated heterocycles. The van der Waals surface area contributed by atoms with Crippen molar-refractivity contribution in [2.24, 2.45) is 10.4 Å². The standard InChI is InChI=1S/C39H45NO/c1-38(2,3)35-25-27(24-28(37(35)41)26-40-30-16-6-5-7-17-30)22-23-39(4,29-14-8-9-15-29)36-33-20-12-10-18-31(33)32-19-11-13-21-34(32)36/h8,10-15,18-21,24-26,30,36,41H,5-7,9,16-17,22-23H2,1-4H3/b40-26+. The first kappa shape index (κ1) is 27.8. The fourth-order valence-electron chi connectivity index (χ4n) is 7.53. The maximum atomic E-state index is 11.4. The molecule has 0 aromatic heterocycles. The minimum absolute atomic E-state index is 0.0637. The number of aryl methyl sites for hydroxylation is 1. The Morgan fingerprint density at radius 2 is 1.54 bits per heavy atom. The molecular formula is C39H45NO. The number of phenols is 1. The molecule has 3 aromatic rings. The first-order valence-electron chi connectivity index (χ1n) is 15.7. The van der Waals surface area contributed by atoms with Gasteiger partial charge in [0.25, 0.3) is 0 Å². The summed E-state index contributed by atoms with van der Waals surface area (Å²) in [6.45, 7) is 9.06. The zero-order chi connectivity index (χ0) is 28.6. The lowest BCUT2D eigenvalue weighted by Crippen LogP contribution is -2.28. The second-order valence-corrected chi connectivity index (χ2v) is 13.7. The normalized spacial score (nSPS) is 18.9. The molecule has 6 rings (SSSR count). The van der Waals surface area contributed by atoms with Crippen LogP contribution in [0.4, 0.5) is 0 Å². The minimum atomic E-state index is -0.156. The van der Waals surface area contributed by atoms with Crippen LogP contribution in [-0.4, -0.2) is 17.4 Å². The van der Waals surface area contributed by atoms with Crippen LogP contribution in [0.3, 0.4) is 0 Å². The molecule has 1 fully saturated rings. The molecule has 0 amide bonds. The van der Waals surface area contributed by atoms with Gasteiger partial charge in [-0.2, -0.15) is 0 Å². The third-order valence-electron chi connectivity index (χ3n) is 9.84. The highest BCUT2D eigenvalue weighted by Crippen LogP contribution is 2.57. The molecule has 0 aliphatic heterocycles. The lowest BCUT2D eigenvalue weighted by Gasteiger charge is -2.38. The van der Waals surface area contributed by atoms with E-state index < -0.39 is 0 Å². The molecule has 0 bridgehead atoms. The number of fused-ring (bicyclic) bond motifs is 3. The van der Waals surface area contributed by atoms with E-state index in [2.05, 4.69) is 107 Å². The number of benzene rings is 3. The van der Waals surface area contributed by atoms with E-state index in [1.165, 1.54) is 52.7 Å². The van der Waals surface area contributed by atoms with Gasteiger partial charge in [-0.1, -0.05) is 120 Å². The summed E-state index contributed by atoms with van der Waals surface area (Å²) < 4.78 is 0. The lowest BCUT2D eigenvalue weighted by atomic mass is 9.64. The highest BCUT2D eigenvalue weighted by Gasteiger charge is 2.43. The van der Waals surface area contributed by atoms with Gasteiger partial charge in [0.05, 0.1) is 0 Å². The Bertz CT molecular complexity index is 1470. The van der Waals surface area contributed by atoms with E-state index in [0.717, 1.165) is 43.2 Å². The van der Waals surface area contributed by atoms with Crippen LogP contribution in [0, 0.1) is 5.41 Å². The Kier molecular flexibility index (Phi) is 7.53. The highest BCUT2D eigenvalue weighted by atomic mass is 16.3. The first-order chi connectivity index (χ1) is 19.8. The average Bonchev–Trinajstić information content (AvgIpc) is 3.63. The van der Waals surface area contributed by atoms with Gasteiger partial charge in [0.15, 0.2) is 0 Å². The van der Waals surface area contributed by atoms with Crippen molar-refractivity contribution in [3.8, 4) is 16.9 Å². The Balaban J connectivity index is 1.38. The van der Waals surface area contributed by atoms with Gasteiger partial charge in [0.1, 0.15) is 5.75 Å². The lowest BCUT2D eigenvalue weighted by molar-refractivity contribution is 0.330. The molecule has 2 nitrogen and oxygen atoms in total. The van der Waals surface area contributed by atoms with Crippen molar-refractivity contribution in [3.63, 3.8) is 0 Å². The van der Waals surface area contributed by atoms with Crippen LogP contribution in [0.5, 0.6) is 5.75 Å². The zero-order valence-corrected chi connectivity index (χ0v) is 25.3. The van der Waals surface area contributed by atoms with E-state index in [9.17, 15) is 5.11 Å². The number of nitrogens with zero attached hydrogens (tertiary/aromatic N) is 1. The predicted octanol–water partition coefficient (Wildman–Crippen LogP) is 10.1. The molecule has 0 heterocycles. The highest BCUT2D eigenvalue weighted by molar-refractivity contribution is 5.85. The molecule has 1 atom stereocenters. The molecule has 2 heteroatoms. The summed E-state index contributed by atoms with van der Waals surface area (Å²) in [7, 11) is 0. The zero-order valence-electron chi connectivity index (χ0n) is 25.3. The van der Waals surface area contributed by atoms with Gasteiger partial charge in [0.2, 0.25) is 0 Å². The Hall–Kier alpha value is -3.39. The van der Waals surface area contributed by atoms with E-state index in [4.69, 9.17) is 4.99 Å². The van der Waals surface area contributed by atoms with Crippen molar-refractivity contribution >= 4 is 6.21 Å². The van der Waals surface area contributed by atoms with E-state index in [0.29, 0.717) is 17.7 Å². The molecule has 1 saturated carbocycles. The van der Waals surface area contributed by atoms with Crippen molar-refractivity contribution in [1.82, 2.24) is 0 Å². The largest absolute Gasteiger partial charge is 0.507 e. The Labute approximate surface area is 247 Å². The molecule has 0 spiro atoms. The number of aromatic hydroxyl groups is 1. The van der Waals surface area contributed by atoms with E-state index in [1.807, 2.05) is 6.21 Å². The smallest absolute Gasteiger partial charge is 0.128 e. The van der Waals surface area contributed by atoms with Crippen molar-refractivity contribution in [2.75, 3.05) is 0 Å². The maximum absolute atomic E-state index is 11.4. The molecule has 41 heavy (non-hydrogen) atoms. The van der Waals surface area contributed by atoms with Crippen molar-refractivity contribution < 1.29 is 5.11 Å². The number of phenolic OH excluding ortho intramolecular Hbond substituents is 1. The van der Waals surface area contributed by atoms with Crippen molar-refractivity contribution in [3.05, 3.63) is 112 Å². The monoisotopic (exact) mass is 543 g/mol.